The zero-order valence-electron chi connectivity index (χ0n) is 9.70. The lowest BCUT2D eigenvalue weighted by Gasteiger charge is -2.31. The molecule has 2 aliphatic heterocycles. The molecule has 1 fully saturated rings. The number of fused-ring (bicyclic) bond motifs is 2. The van der Waals surface area contributed by atoms with E-state index in [0.717, 1.165) is 6.20 Å². The Morgan fingerprint density at radius 1 is 1.42 bits per heavy atom. The first-order valence-corrected chi connectivity index (χ1v) is 5.63. The first-order valence-electron chi connectivity index (χ1n) is 5.63. The summed E-state index contributed by atoms with van der Waals surface area (Å²) < 4.78 is 6.59. The number of carboxylic acid groups (broad SMARTS) is 1. The maximum Gasteiger partial charge on any atom is 0.341 e. The molecule has 8 heteroatoms. The minimum Gasteiger partial charge on any atom is -0.503 e. The number of carbonyl (C=O) groups excluding carboxylic acids is 1. The number of hydrogen-bond donors (Lipinski definition) is 2. The summed E-state index contributed by atoms with van der Waals surface area (Å²) in [5.74, 6) is -2.80. The van der Waals surface area contributed by atoms with Crippen LogP contribution in [0, 0.1) is 0 Å². The summed E-state index contributed by atoms with van der Waals surface area (Å²) in [6.45, 7) is 0.953. The van der Waals surface area contributed by atoms with Crippen LogP contribution in [0.4, 0.5) is 0 Å². The van der Waals surface area contributed by atoms with E-state index in [2.05, 4.69) is 0 Å². The molecule has 1 aromatic heterocycles. The SMILES string of the molecule is O=C(O)c1cn2c(c(O)c1=O)C(=O)N1CCOC1C2. The summed E-state index contributed by atoms with van der Waals surface area (Å²) in [5.41, 5.74) is -1.80. The molecule has 0 radical (unpaired) electrons. The van der Waals surface area contributed by atoms with Crippen molar-refractivity contribution < 1.29 is 24.5 Å². The van der Waals surface area contributed by atoms with Gasteiger partial charge in [0.15, 0.2) is 17.7 Å². The number of pyridine rings is 1. The van der Waals surface area contributed by atoms with Crippen molar-refractivity contribution in [3.05, 3.63) is 27.7 Å². The van der Waals surface area contributed by atoms with Gasteiger partial charge in [-0.1, -0.05) is 0 Å². The van der Waals surface area contributed by atoms with Gasteiger partial charge in [0.1, 0.15) is 5.56 Å². The topological polar surface area (TPSA) is 109 Å². The second kappa shape index (κ2) is 3.82. The van der Waals surface area contributed by atoms with Crippen molar-refractivity contribution in [1.29, 1.82) is 0 Å². The van der Waals surface area contributed by atoms with Crippen molar-refractivity contribution >= 4 is 11.9 Å². The Hall–Kier alpha value is -2.35. The van der Waals surface area contributed by atoms with Gasteiger partial charge in [0.2, 0.25) is 5.43 Å². The van der Waals surface area contributed by atoms with E-state index >= 15 is 0 Å². The van der Waals surface area contributed by atoms with E-state index in [0.29, 0.717) is 13.2 Å². The van der Waals surface area contributed by atoms with Crippen LogP contribution in [0.5, 0.6) is 5.75 Å². The minimum absolute atomic E-state index is 0.184. The monoisotopic (exact) mass is 266 g/mol. The molecule has 1 saturated heterocycles. The van der Waals surface area contributed by atoms with E-state index in [4.69, 9.17) is 9.84 Å². The minimum atomic E-state index is -1.45. The van der Waals surface area contributed by atoms with Crippen LogP contribution in [0.15, 0.2) is 11.0 Å². The second-order valence-corrected chi connectivity index (χ2v) is 4.35. The molecule has 3 heterocycles. The van der Waals surface area contributed by atoms with Crippen LogP contribution in [0.2, 0.25) is 0 Å². The molecule has 1 amide bonds. The van der Waals surface area contributed by atoms with Crippen molar-refractivity contribution in [1.82, 2.24) is 9.47 Å². The molecule has 0 spiro atoms. The third kappa shape index (κ3) is 1.53. The first kappa shape index (κ1) is 11.7. The number of carboxylic acids is 1. The standard InChI is InChI=1S/C11H10N2O6/c14-8-5(11(17)18)3-12-4-6-13(1-2-19-6)10(16)7(12)9(8)15/h3,6,15H,1-2,4H2,(H,17,18). The highest BCUT2D eigenvalue weighted by atomic mass is 16.5. The van der Waals surface area contributed by atoms with Crippen molar-refractivity contribution in [2.45, 2.75) is 12.8 Å². The number of aromatic nitrogens is 1. The maximum atomic E-state index is 12.1. The van der Waals surface area contributed by atoms with Crippen molar-refractivity contribution in [2.75, 3.05) is 13.2 Å². The molecule has 0 bridgehead atoms. The summed E-state index contributed by atoms with van der Waals surface area (Å²) in [6, 6.07) is 0. The van der Waals surface area contributed by atoms with Crippen molar-refractivity contribution in [2.24, 2.45) is 0 Å². The number of amides is 1. The van der Waals surface area contributed by atoms with Crippen LogP contribution in [-0.4, -0.2) is 50.9 Å². The predicted octanol–water partition coefficient (Wildman–Crippen LogP) is -0.936. The number of carbonyl (C=O) groups is 2. The highest BCUT2D eigenvalue weighted by molar-refractivity contribution is 5.97. The summed E-state index contributed by atoms with van der Waals surface area (Å²) >= 11 is 0. The highest BCUT2D eigenvalue weighted by Crippen LogP contribution is 2.26. The van der Waals surface area contributed by atoms with E-state index in [1.807, 2.05) is 0 Å². The molecule has 100 valence electrons. The molecular weight excluding hydrogens is 256 g/mol. The molecule has 0 saturated carbocycles. The fourth-order valence-electron chi connectivity index (χ4n) is 2.38. The highest BCUT2D eigenvalue weighted by Gasteiger charge is 2.39. The third-order valence-corrected chi connectivity index (χ3v) is 3.29. The van der Waals surface area contributed by atoms with Gasteiger partial charge in [-0.2, -0.15) is 0 Å². The average Bonchev–Trinajstić information content (AvgIpc) is 2.81. The van der Waals surface area contributed by atoms with Gasteiger partial charge in [-0.15, -0.1) is 0 Å². The Kier molecular flexibility index (Phi) is 2.36. The number of rotatable bonds is 1. The van der Waals surface area contributed by atoms with Gasteiger partial charge in [-0.25, -0.2) is 4.79 Å². The van der Waals surface area contributed by atoms with Gasteiger partial charge < -0.3 is 24.4 Å². The van der Waals surface area contributed by atoms with E-state index in [-0.39, 0.29) is 12.2 Å². The van der Waals surface area contributed by atoms with Crippen LogP contribution in [0.3, 0.4) is 0 Å². The van der Waals surface area contributed by atoms with Crippen molar-refractivity contribution in [3.63, 3.8) is 0 Å². The first-order chi connectivity index (χ1) is 9.00. The number of aromatic carboxylic acids is 1. The Morgan fingerprint density at radius 2 is 2.16 bits per heavy atom. The Morgan fingerprint density at radius 3 is 2.84 bits per heavy atom. The summed E-state index contributed by atoms with van der Waals surface area (Å²) in [4.78, 5) is 36.1. The fraction of sp³-hybridized carbons (Fsp3) is 0.364. The van der Waals surface area contributed by atoms with Crippen LogP contribution < -0.4 is 5.43 Å². The predicted molar refractivity (Wildman–Crippen MR) is 60.1 cm³/mol. The van der Waals surface area contributed by atoms with Gasteiger partial charge in [-0.05, 0) is 0 Å². The maximum absolute atomic E-state index is 12.1. The lowest BCUT2D eigenvalue weighted by Crippen LogP contribution is -2.46. The van der Waals surface area contributed by atoms with Gasteiger partial charge in [0.25, 0.3) is 5.91 Å². The molecule has 1 atom stereocenters. The third-order valence-electron chi connectivity index (χ3n) is 3.29. The lowest BCUT2D eigenvalue weighted by atomic mass is 10.1. The Bertz CT molecular complexity index is 649. The normalized spacial score (nSPS) is 21.2. The second-order valence-electron chi connectivity index (χ2n) is 4.35. The number of nitrogens with zero attached hydrogens (tertiary/aromatic N) is 2. The van der Waals surface area contributed by atoms with Crippen molar-refractivity contribution in [3.8, 4) is 5.75 Å². The zero-order valence-corrected chi connectivity index (χ0v) is 9.70. The van der Waals surface area contributed by atoms with Gasteiger partial charge in [0.05, 0.1) is 13.2 Å². The number of hydrogen-bond acceptors (Lipinski definition) is 5. The lowest BCUT2D eigenvalue weighted by molar-refractivity contribution is 0.00836. The summed E-state index contributed by atoms with van der Waals surface area (Å²) in [5, 5.41) is 18.7. The molecular formula is C11H10N2O6. The average molecular weight is 266 g/mol. The molecule has 1 aromatic rings. The number of ether oxygens (including phenoxy) is 1. The molecule has 2 aliphatic rings. The zero-order chi connectivity index (χ0) is 13.7. The van der Waals surface area contributed by atoms with E-state index in [1.54, 1.807) is 0 Å². The molecule has 19 heavy (non-hydrogen) atoms. The molecule has 3 rings (SSSR count). The smallest absolute Gasteiger partial charge is 0.341 e. The molecule has 0 aromatic carbocycles. The van der Waals surface area contributed by atoms with Crippen LogP contribution in [0.1, 0.15) is 20.8 Å². The molecule has 1 unspecified atom stereocenters. The Balaban J connectivity index is 2.22. The van der Waals surface area contributed by atoms with Gasteiger partial charge >= 0.3 is 5.97 Å². The van der Waals surface area contributed by atoms with E-state index in [9.17, 15) is 19.5 Å². The van der Waals surface area contributed by atoms with E-state index < -0.39 is 34.8 Å². The largest absolute Gasteiger partial charge is 0.503 e. The molecule has 8 nitrogen and oxygen atoms in total. The van der Waals surface area contributed by atoms with Crippen LogP contribution >= 0.6 is 0 Å². The quantitative estimate of drug-likeness (QED) is 0.679. The molecule has 2 N–H and O–H groups in total. The van der Waals surface area contributed by atoms with Crippen LogP contribution in [-0.2, 0) is 11.3 Å². The van der Waals surface area contributed by atoms with Gasteiger partial charge in [-0.3, -0.25) is 9.59 Å². The Labute approximate surface area is 106 Å². The summed E-state index contributed by atoms with van der Waals surface area (Å²) in [7, 11) is 0. The molecule has 0 aliphatic carbocycles. The summed E-state index contributed by atoms with van der Waals surface area (Å²) in [6.07, 6.45) is 0.583. The fourth-order valence-corrected chi connectivity index (χ4v) is 2.38. The number of aromatic hydroxyl groups is 1. The van der Waals surface area contributed by atoms with E-state index in [1.165, 1.54) is 9.47 Å². The van der Waals surface area contributed by atoms with Crippen LogP contribution in [0.25, 0.3) is 0 Å². The van der Waals surface area contributed by atoms with Gasteiger partial charge in [0, 0.05) is 12.7 Å².